The van der Waals surface area contributed by atoms with Crippen LogP contribution in [-0.2, 0) is 33.4 Å². The number of hydrogen-bond acceptors (Lipinski definition) is 9. The van der Waals surface area contributed by atoms with E-state index in [0.29, 0.717) is 37.2 Å². The number of likely N-dealkylation sites (N-methyl/N-ethyl adjacent to an activating group) is 1. The van der Waals surface area contributed by atoms with E-state index in [1.807, 2.05) is 20.8 Å². The van der Waals surface area contributed by atoms with Crippen molar-refractivity contribution in [2.75, 3.05) is 46.5 Å². The highest BCUT2D eigenvalue weighted by atomic mass is 16.5. The molecule has 5 amide bonds. The van der Waals surface area contributed by atoms with Crippen molar-refractivity contribution in [3.05, 3.63) is 0 Å². The first kappa shape index (κ1) is 44.9. The van der Waals surface area contributed by atoms with Crippen LogP contribution >= 0.6 is 0 Å². The van der Waals surface area contributed by atoms with Gasteiger partial charge < -0.3 is 46.7 Å². The summed E-state index contributed by atoms with van der Waals surface area (Å²) in [4.78, 5) is 71.7. The Kier molecular flexibility index (Phi) is 18.1. The van der Waals surface area contributed by atoms with Crippen LogP contribution in [0.4, 0.5) is 0 Å². The van der Waals surface area contributed by atoms with Gasteiger partial charge in [0.05, 0.1) is 25.2 Å². The molecule has 7 atom stereocenters. The van der Waals surface area contributed by atoms with E-state index in [4.69, 9.17) is 15.2 Å². The molecule has 4 rings (SSSR count). The first-order valence-electron chi connectivity index (χ1n) is 21.5. The molecule has 0 aromatic carbocycles. The normalized spacial score (nSPS) is 31.1. The number of amides is 5. The van der Waals surface area contributed by atoms with Gasteiger partial charge in [0.1, 0.15) is 24.2 Å². The van der Waals surface area contributed by atoms with Crippen LogP contribution < -0.4 is 32.3 Å². The first-order chi connectivity index (χ1) is 26.4. The van der Waals surface area contributed by atoms with Crippen molar-refractivity contribution < 1.29 is 33.4 Å². The number of unbranched alkanes of at least 4 members (excludes halogenated alkanes) is 3. The Morgan fingerprint density at radius 3 is 2.07 bits per heavy atom. The summed E-state index contributed by atoms with van der Waals surface area (Å²) in [6, 6.07) is -4.38. The summed E-state index contributed by atoms with van der Waals surface area (Å²) >= 11 is 0. The van der Waals surface area contributed by atoms with Crippen molar-refractivity contribution in [1.82, 2.24) is 31.5 Å². The van der Waals surface area contributed by atoms with E-state index in [9.17, 15) is 24.0 Å². The molecule has 1 spiro atoms. The molecule has 2 aliphatic carbocycles. The summed E-state index contributed by atoms with van der Waals surface area (Å²) in [5, 5.41) is 15.0. The molecule has 7 N–H and O–H groups in total. The quantitative estimate of drug-likeness (QED) is 0.121. The molecule has 0 radical (unpaired) electrons. The minimum atomic E-state index is -1.15. The van der Waals surface area contributed by atoms with E-state index in [1.165, 1.54) is 4.90 Å². The lowest BCUT2D eigenvalue weighted by atomic mass is 9.59. The van der Waals surface area contributed by atoms with E-state index >= 15 is 0 Å². The number of rotatable bonds is 13. The van der Waals surface area contributed by atoms with Crippen molar-refractivity contribution in [2.45, 2.75) is 160 Å². The van der Waals surface area contributed by atoms with E-state index in [0.717, 1.165) is 90.1 Å². The van der Waals surface area contributed by atoms with E-state index in [-0.39, 0.29) is 31.6 Å². The highest BCUT2D eigenvalue weighted by molar-refractivity contribution is 5.96. The monoisotopic (exact) mass is 776 g/mol. The predicted molar refractivity (Wildman–Crippen MR) is 212 cm³/mol. The zero-order chi connectivity index (χ0) is 40.0. The van der Waals surface area contributed by atoms with Crippen molar-refractivity contribution in [3.63, 3.8) is 0 Å². The molecule has 4 fully saturated rings. The SMILES string of the molecule is CCCCCC[C@H]1OC[C@H](C)NC(=O)[C@H](COCC2CC3(CNC3)C2)NC(=O)[C@H](CN)NC(=O)[C@H](C2CCCCCC2)NC(=O)[C@H](CCC)N(C)C(=O)[C@@H]1C. The van der Waals surface area contributed by atoms with Crippen molar-refractivity contribution in [1.29, 1.82) is 0 Å². The predicted octanol–water partition coefficient (Wildman–Crippen LogP) is 2.52. The maximum Gasteiger partial charge on any atom is 0.245 e. The van der Waals surface area contributed by atoms with Crippen LogP contribution in [0.3, 0.4) is 0 Å². The summed E-state index contributed by atoms with van der Waals surface area (Å²) in [6.45, 7) is 10.2. The molecule has 55 heavy (non-hydrogen) atoms. The van der Waals surface area contributed by atoms with Gasteiger partial charge >= 0.3 is 0 Å². The second-order valence-electron chi connectivity index (χ2n) is 17.2. The molecule has 14 nitrogen and oxygen atoms in total. The molecule has 2 aliphatic heterocycles. The third-order valence-corrected chi connectivity index (χ3v) is 12.5. The van der Waals surface area contributed by atoms with Crippen LogP contribution in [0.1, 0.15) is 124 Å². The van der Waals surface area contributed by atoms with Gasteiger partial charge in [-0.3, -0.25) is 24.0 Å². The van der Waals surface area contributed by atoms with Gasteiger partial charge in [-0.2, -0.15) is 0 Å². The maximum atomic E-state index is 14.2. The Balaban J connectivity index is 1.60. The minimum Gasteiger partial charge on any atom is -0.378 e. The largest absolute Gasteiger partial charge is 0.378 e. The summed E-state index contributed by atoms with van der Waals surface area (Å²) in [6.07, 6.45) is 12.9. The zero-order valence-electron chi connectivity index (χ0n) is 34.4. The molecule has 2 heterocycles. The topological polar surface area (TPSA) is 193 Å². The fraction of sp³-hybridized carbons (Fsp3) is 0.878. The third-order valence-electron chi connectivity index (χ3n) is 12.5. The van der Waals surface area contributed by atoms with Crippen molar-refractivity contribution >= 4 is 29.5 Å². The van der Waals surface area contributed by atoms with E-state index in [1.54, 1.807) is 7.05 Å². The standard InChI is InChI=1S/C41H73N7O7/c1-6-8-9-14-18-34-28(4)40(53)48(5)33(15-7-2)38(51)47-35(30-16-12-10-11-13-17-30)39(52)45-31(21-42)36(49)46-32(37(50)44-27(3)22-55-34)24-54-23-29-19-41(20-29)25-43-26-41/h27-35,43H,6-26,42H2,1-5H3,(H,44,50)(H,45,52)(H,46,49)(H,47,51)/t27-,28+,31-,32-,33-,34+,35-/m0/s1. The Bertz CT molecular complexity index is 1250. The molecule has 14 heteroatoms. The first-order valence-corrected chi connectivity index (χ1v) is 21.5. The molecule has 2 saturated carbocycles. The number of nitrogens with two attached hydrogens (primary N) is 1. The summed E-state index contributed by atoms with van der Waals surface area (Å²) in [7, 11) is 1.66. The van der Waals surface area contributed by atoms with E-state index < -0.39 is 65.9 Å². The van der Waals surface area contributed by atoms with Gasteiger partial charge in [-0.05, 0) is 62.7 Å². The van der Waals surface area contributed by atoms with Crippen molar-refractivity contribution in [3.8, 4) is 0 Å². The number of hydrogen-bond donors (Lipinski definition) is 6. The summed E-state index contributed by atoms with van der Waals surface area (Å²) in [5.74, 6) is -2.46. The minimum absolute atomic E-state index is 0.0460. The zero-order valence-corrected chi connectivity index (χ0v) is 34.4. The van der Waals surface area contributed by atoms with Gasteiger partial charge in [0.15, 0.2) is 0 Å². The van der Waals surface area contributed by atoms with Gasteiger partial charge in [0.25, 0.3) is 0 Å². The van der Waals surface area contributed by atoms with Crippen LogP contribution in [0.5, 0.6) is 0 Å². The number of carbonyl (C=O) groups is 5. The Labute approximate surface area is 329 Å². The lowest BCUT2D eigenvalue weighted by Gasteiger charge is -2.54. The lowest BCUT2D eigenvalue weighted by Crippen LogP contribution is -2.62. The second-order valence-corrected chi connectivity index (χ2v) is 17.2. The fourth-order valence-corrected chi connectivity index (χ4v) is 8.95. The molecule has 314 valence electrons. The Hall–Kier alpha value is -2.81. The van der Waals surface area contributed by atoms with Crippen LogP contribution in [0.2, 0.25) is 0 Å². The van der Waals surface area contributed by atoms with Gasteiger partial charge in [-0.1, -0.05) is 78.6 Å². The van der Waals surface area contributed by atoms with Gasteiger partial charge in [0, 0.05) is 39.3 Å². The number of nitrogens with zero attached hydrogens (tertiary/aromatic N) is 1. The van der Waals surface area contributed by atoms with Crippen LogP contribution in [-0.4, -0.2) is 117 Å². The highest BCUT2D eigenvalue weighted by Crippen LogP contribution is 2.48. The van der Waals surface area contributed by atoms with Gasteiger partial charge in [0.2, 0.25) is 29.5 Å². The maximum absolute atomic E-state index is 14.2. The number of ether oxygens (including phenoxy) is 2. The summed E-state index contributed by atoms with van der Waals surface area (Å²) in [5.41, 5.74) is 6.48. The Morgan fingerprint density at radius 2 is 1.45 bits per heavy atom. The molecule has 0 unspecified atom stereocenters. The highest BCUT2D eigenvalue weighted by Gasteiger charge is 2.48. The van der Waals surface area contributed by atoms with Crippen LogP contribution in [0.25, 0.3) is 0 Å². The average molecular weight is 776 g/mol. The van der Waals surface area contributed by atoms with Crippen LogP contribution in [0.15, 0.2) is 0 Å². The third kappa shape index (κ3) is 12.8. The fourth-order valence-electron chi connectivity index (χ4n) is 8.95. The molecule has 0 aromatic rings. The number of nitrogens with one attached hydrogen (secondary N) is 5. The molecule has 0 bridgehead atoms. The smallest absolute Gasteiger partial charge is 0.245 e. The molecule has 0 aromatic heterocycles. The molecule has 4 aliphatic rings. The molecular weight excluding hydrogens is 702 g/mol. The average Bonchev–Trinajstić information content (AvgIpc) is 3.42. The number of carbonyl (C=O) groups excluding carboxylic acids is 5. The van der Waals surface area contributed by atoms with Crippen LogP contribution in [0, 0.1) is 23.2 Å². The van der Waals surface area contributed by atoms with Crippen molar-refractivity contribution in [2.24, 2.45) is 28.9 Å². The summed E-state index contributed by atoms with van der Waals surface area (Å²) < 4.78 is 12.5. The molecule has 2 saturated heterocycles. The van der Waals surface area contributed by atoms with Gasteiger partial charge in [-0.25, -0.2) is 0 Å². The lowest BCUT2D eigenvalue weighted by molar-refractivity contribution is -0.147. The van der Waals surface area contributed by atoms with Gasteiger partial charge in [-0.15, -0.1) is 0 Å². The Morgan fingerprint density at radius 1 is 0.782 bits per heavy atom. The molecular formula is C41H73N7O7. The second kappa shape index (κ2) is 22.2. The van der Waals surface area contributed by atoms with E-state index in [2.05, 4.69) is 33.5 Å².